The third-order valence-corrected chi connectivity index (χ3v) is 13.2. The zero-order valence-corrected chi connectivity index (χ0v) is 34.5. The molecule has 0 radical (unpaired) electrons. The smallest absolute Gasteiger partial charge is 0.104 e. The second kappa shape index (κ2) is 15.3. The number of fused-ring (bicyclic) bond motifs is 6. The number of aromatic nitrogens is 2. The summed E-state index contributed by atoms with van der Waals surface area (Å²) >= 11 is 0. The molecule has 0 saturated carbocycles. The van der Waals surface area contributed by atoms with Crippen LogP contribution < -0.4 is 21.2 Å². The van der Waals surface area contributed by atoms with E-state index < -0.39 is 0 Å². The highest BCUT2D eigenvalue weighted by molar-refractivity contribution is 6.10. The summed E-state index contributed by atoms with van der Waals surface area (Å²) in [5, 5.41) is 14.4. The van der Waals surface area contributed by atoms with E-state index in [9.17, 15) is 0 Å². The Bertz CT molecular complexity index is 3400. The van der Waals surface area contributed by atoms with E-state index in [0.717, 1.165) is 31.4 Å². The molecule has 2 aliphatic carbocycles. The lowest BCUT2D eigenvalue weighted by atomic mass is 9.92. The van der Waals surface area contributed by atoms with Crippen molar-refractivity contribution in [2.24, 2.45) is 0 Å². The van der Waals surface area contributed by atoms with E-state index in [4.69, 9.17) is 0 Å². The fourth-order valence-corrected chi connectivity index (χ4v) is 10.3. The molecule has 62 heavy (non-hydrogen) atoms. The first kappa shape index (κ1) is 36.5. The normalized spacial score (nSPS) is 17.4. The Morgan fingerprint density at radius 2 is 1.21 bits per heavy atom. The van der Waals surface area contributed by atoms with Gasteiger partial charge >= 0.3 is 0 Å². The minimum Gasteiger partial charge on any atom is -0.366 e. The molecule has 4 nitrogen and oxygen atoms in total. The second-order valence-corrected chi connectivity index (χ2v) is 16.8. The highest BCUT2D eigenvalue weighted by Gasteiger charge is 2.27. The van der Waals surface area contributed by atoms with E-state index in [-0.39, 0.29) is 12.2 Å². The first-order valence-corrected chi connectivity index (χ1v) is 22.0. The molecule has 298 valence electrons. The van der Waals surface area contributed by atoms with Gasteiger partial charge in [-0.05, 0) is 119 Å². The molecule has 3 aliphatic rings. The summed E-state index contributed by atoms with van der Waals surface area (Å²) in [4.78, 5) is 0. The maximum absolute atomic E-state index is 3.97. The van der Waals surface area contributed by atoms with Crippen LogP contribution in [0.5, 0.6) is 0 Å². The van der Waals surface area contributed by atoms with Crippen molar-refractivity contribution in [2.45, 2.75) is 37.9 Å². The van der Waals surface area contributed by atoms with Crippen molar-refractivity contribution in [3.8, 4) is 22.5 Å². The van der Waals surface area contributed by atoms with Crippen LogP contribution in [-0.4, -0.2) is 9.13 Å². The van der Waals surface area contributed by atoms with Crippen molar-refractivity contribution >= 4 is 44.4 Å². The fourth-order valence-electron chi connectivity index (χ4n) is 10.3. The quantitative estimate of drug-likeness (QED) is 0.168. The van der Waals surface area contributed by atoms with E-state index in [2.05, 4.69) is 226 Å². The minimum atomic E-state index is -0.0799. The highest BCUT2D eigenvalue weighted by Crippen LogP contribution is 2.39. The van der Waals surface area contributed by atoms with Crippen LogP contribution in [0.1, 0.15) is 54.6 Å². The number of benzene rings is 7. The molecule has 4 heteroatoms. The average molecular weight is 799 g/mol. The summed E-state index contributed by atoms with van der Waals surface area (Å²) in [5.74, 6) is 0. The molecule has 0 spiro atoms. The number of nitrogens with one attached hydrogen (secondary N) is 2. The number of allylic oxidation sites excluding steroid dienone is 4. The van der Waals surface area contributed by atoms with E-state index in [1.165, 1.54) is 93.6 Å². The number of rotatable bonds is 7. The Morgan fingerprint density at radius 3 is 2.02 bits per heavy atom. The lowest BCUT2D eigenvalue weighted by molar-refractivity contribution is 0.419. The summed E-state index contributed by atoms with van der Waals surface area (Å²) < 4.78 is 4.91. The molecular weight excluding hydrogens is 753 g/mol. The standard InChI is InChI=1S/C58H46N4/c1-4-17-40(18-5-1)52-38-53(41-19-6-2-7-20-41)60-58(59-52)50-26-11-10-23-45(50)42-33-36-56-51(37-42)48-25-13-14-29-54(48)61(56)44-34-31-39(32-35-44)46-27-16-28-49-47-24-12-15-30-55(47)62(57(46)49)43-21-8-3-9-22-43/h1-6,8-15,17-19,21-26,28-38,52,58-60H,7,16,20,27H2. The molecule has 2 atom stereocenters. The van der Waals surface area contributed by atoms with Gasteiger partial charge in [-0.1, -0.05) is 152 Å². The molecule has 12 rings (SSSR count). The number of nitrogens with zero attached hydrogens (tertiary/aromatic N) is 2. The first-order valence-electron chi connectivity index (χ1n) is 22.0. The van der Waals surface area contributed by atoms with Gasteiger partial charge in [0.15, 0.2) is 0 Å². The molecule has 7 aromatic carbocycles. The Balaban J connectivity index is 0.947. The van der Waals surface area contributed by atoms with Gasteiger partial charge < -0.3 is 14.5 Å². The van der Waals surface area contributed by atoms with Crippen molar-refractivity contribution in [3.63, 3.8) is 0 Å². The zero-order valence-electron chi connectivity index (χ0n) is 34.5. The molecule has 2 N–H and O–H groups in total. The van der Waals surface area contributed by atoms with E-state index >= 15 is 0 Å². The Kier molecular flexibility index (Phi) is 8.97. The number of hydrogen-bond acceptors (Lipinski definition) is 2. The molecule has 2 aromatic heterocycles. The Hall–Kier alpha value is -7.40. The number of hydrogen-bond donors (Lipinski definition) is 2. The van der Waals surface area contributed by atoms with Crippen LogP contribution in [0.2, 0.25) is 0 Å². The maximum Gasteiger partial charge on any atom is 0.104 e. The Morgan fingerprint density at radius 1 is 0.532 bits per heavy atom. The van der Waals surface area contributed by atoms with Gasteiger partial charge in [0.25, 0.3) is 0 Å². The Labute approximate surface area is 361 Å². The summed E-state index contributed by atoms with van der Waals surface area (Å²) in [7, 11) is 0. The largest absolute Gasteiger partial charge is 0.366 e. The third kappa shape index (κ3) is 6.17. The summed E-state index contributed by atoms with van der Waals surface area (Å²) in [6.45, 7) is 0. The van der Waals surface area contributed by atoms with Crippen molar-refractivity contribution < 1.29 is 0 Å². The van der Waals surface area contributed by atoms with Gasteiger partial charge in [-0.3, -0.25) is 5.32 Å². The molecule has 0 amide bonds. The highest BCUT2D eigenvalue weighted by atomic mass is 15.2. The van der Waals surface area contributed by atoms with Gasteiger partial charge in [0.1, 0.15) is 6.17 Å². The summed E-state index contributed by atoms with van der Waals surface area (Å²) in [5.41, 5.74) is 16.2. The monoisotopic (exact) mass is 798 g/mol. The van der Waals surface area contributed by atoms with Crippen molar-refractivity contribution in [2.75, 3.05) is 0 Å². The zero-order chi connectivity index (χ0) is 41.0. The van der Waals surface area contributed by atoms with Gasteiger partial charge in [0.05, 0.1) is 27.9 Å². The molecule has 0 fully saturated rings. The molecular formula is C58H46N4. The van der Waals surface area contributed by atoms with Crippen LogP contribution in [0.25, 0.3) is 66.9 Å². The minimum absolute atomic E-state index is 0.0787. The van der Waals surface area contributed by atoms with Crippen LogP contribution >= 0.6 is 0 Å². The second-order valence-electron chi connectivity index (χ2n) is 16.8. The molecule has 1 aliphatic heterocycles. The van der Waals surface area contributed by atoms with Crippen LogP contribution in [0.3, 0.4) is 0 Å². The van der Waals surface area contributed by atoms with E-state index in [0.29, 0.717) is 0 Å². The predicted molar refractivity (Wildman–Crippen MR) is 258 cm³/mol. The molecule has 3 heterocycles. The maximum atomic E-state index is 3.97. The average Bonchev–Trinajstić information content (AvgIpc) is 3.87. The van der Waals surface area contributed by atoms with Crippen LogP contribution in [0, 0.1) is 0 Å². The molecule has 2 unspecified atom stereocenters. The van der Waals surface area contributed by atoms with E-state index in [1.807, 2.05) is 0 Å². The fraction of sp³-hybridized carbons (Fsp3) is 0.103. The topological polar surface area (TPSA) is 33.9 Å². The van der Waals surface area contributed by atoms with Gasteiger partial charge in [-0.15, -0.1) is 0 Å². The lowest BCUT2D eigenvalue weighted by Gasteiger charge is -2.35. The van der Waals surface area contributed by atoms with Gasteiger partial charge in [0.2, 0.25) is 0 Å². The lowest BCUT2D eigenvalue weighted by Crippen LogP contribution is -2.41. The van der Waals surface area contributed by atoms with E-state index in [1.54, 1.807) is 0 Å². The van der Waals surface area contributed by atoms with Gasteiger partial charge in [-0.2, -0.15) is 0 Å². The van der Waals surface area contributed by atoms with Crippen molar-refractivity contribution in [3.05, 3.63) is 239 Å². The van der Waals surface area contributed by atoms with Crippen molar-refractivity contribution in [1.82, 2.24) is 19.8 Å². The first-order chi connectivity index (χ1) is 30.8. The third-order valence-electron chi connectivity index (χ3n) is 13.2. The SMILES string of the molecule is C1=CCCC(C2=CC(c3ccccc3)NC(c3ccccc3-c3ccc4c(c3)c3ccccc3n4-c3ccc(C4=c5c(c6ccccc6n5-c5ccccc5)=CCC4)cc3)N2)=C1. The molecule has 0 saturated heterocycles. The summed E-state index contributed by atoms with van der Waals surface area (Å²) in [6.07, 6.45) is 15.6. The molecule has 9 aromatic rings. The van der Waals surface area contributed by atoms with Gasteiger partial charge in [0, 0.05) is 38.4 Å². The van der Waals surface area contributed by atoms with Crippen LogP contribution in [0.4, 0.5) is 0 Å². The predicted octanol–water partition coefficient (Wildman–Crippen LogP) is 12.3. The molecule has 0 bridgehead atoms. The van der Waals surface area contributed by atoms with Gasteiger partial charge in [-0.25, -0.2) is 0 Å². The van der Waals surface area contributed by atoms with Crippen molar-refractivity contribution in [1.29, 1.82) is 0 Å². The van der Waals surface area contributed by atoms with Crippen LogP contribution in [0.15, 0.2) is 211 Å². The van der Waals surface area contributed by atoms with Crippen LogP contribution in [-0.2, 0) is 0 Å². The number of para-hydroxylation sites is 3. The summed E-state index contributed by atoms with van der Waals surface area (Å²) in [6, 6.07) is 64.7.